The molecule has 9 nitrogen and oxygen atoms in total. The Hall–Kier alpha value is -3.30. The van der Waals surface area contributed by atoms with Crippen molar-refractivity contribution >= 4 is 35.0 Å². The molecule has 0 aromatic heterocycles. The first-order chi connectivity index (χ1) is 20.7. The average molecular weight is 611 g/mol. The largest absolute Gasteiger partial charge is 0.497 e. The highest BCUT2D eigenvalue weighted by atomic mass is 35.5. The Balaban J connectivity index is 1.17. The van der Waals surface area contributed by atoms with Crippen molar-refractivity contribution in [2.45, 2.75) is 33.1 Å². The molecule has 0 aliphatic carbocycles. The van der Waals surface area contributed by atoms with E-state index in [1.54, 1.807) is 39.3 Å². The zero-order valence-electron chi connectivity index (χ0n) is 25.7. The molecule has 2 atom stereocenters. The summed E-state index contributed by atoms with van der Waals surface area (Å²) >= 11 is 6.47. The standard InChI is InChI=1S/C33H43ClN4O5/c1-22-6-7-27(16-30(22)34)38(32(40)24-10-14-36(15-11-24)23(2)39)13-5-12-35-18-25-20-37(21-26(25)19-35)33(41)29-17-28(42-3)8-9-31(29)43-4/h6-9,16-17,24-26H,5,10-15,18-21H2,1-4H3. The summed E-state index contributed by atoms with van der Waals surface area (Å²) in [6.07, 6.45) is 2.20. The molecule has 2 aromatic carbocycles. The van der Waals surface area contributed by atoms with Crippen molar-refractivity contribution in [1.29, 1.82) is 0 Å². The topological polar surface area (TPSA) is 82.6 Å². The van der Waals surface area contributed by atoms with Gasteiger partial charge in [-0.05, 0) is 80.5 Å². The Kier molecular flexibility index (Phi) is 9.82. The third kappa shape index (κ3) is 6.93. The molecule has 3 amide bonds. The van der Waals surface area contributed by atoms with Crippen molar-refractivity contribution in [2.24, 2.45) is 17.8 Å². The third-order valence-electron chi connectivity index (χ3n) is 9.36. The highest BCUT2D eigenvalue weighted by Gasteiger charge is 2.42. The number of halogens is 1. The minimum absolute atomic E-state index is 0.0169. The van der Waals surface area contributed by atoms with Crippen LogP contribution in [0.15, 0.2) is 36.4 Å². The summed E-state index contributed by atoms with van der Waals surface area (Å²) in [6.45, 7) is 9.62. The molecule has 0 radical (unpaired) electrons. The molecule has 0 N–H and O–H groups in total. The summed E-state index contributed by atoms with van der Waals surface area (Å²) in [5, 5.41) is 0.653. The van der Waals surface area contributed by atoms with Gasteiger partial charge in [0.1, 0.15) is 11.5 Å². The number of carbonyl (C=O) groups is 3. The maximum absolute atomic E-state index is 13.8. The lowest BCUT2D eigenvalue weighted by Gasteiger charge is -2.34. The quantitative estimate of drug-likeness (QED) is 0.420. The molecular formula is C33H43ClN4O5. The predicted molar refractivity (Wildman–Crippen MR) is 167 cm³/mol. The van der Waals surface area contributed by atoms with E-state index in [9.17, 15) is 14.4 Å². The lowest BCUT2D eigenvalue weighted by atomic mass is 9.94. The number of rotatable bonds is 9. The SMILES string of the molecule is COc1ccc(OC)c(C(=O)N2CC3CN(CCCN(C(=O)C4CCN(C(C)=O)CC4)c4ccc(C)c(Cl)c4)CC3C2)c1. The molecule has 10 heteroatoms. The van der Waals surface area contributed by atoms with Crippen molar-refractivity contribution in [3.05, 3.63) is 52.5 Å². The number of anilines is 1. The van der Waals surface area contributed by atoms with Crippen LogP contribution in [0.2, 0.25) is 5.02 Å². The number of aryl methyl sites for hydroxylation is 1. The molecule has 5 rings (SSSR count). The number of nitrogens with zero attached hydrogens (tertiary/aromatic N) is 4. The normalized spacial score (nSPS) is 20.7. The maximum Gasteiger partial charge on any atom is 0.257 e. The van der Waals surface area contributed by atoms with E-state index in [1.807, 2.05) is 39.8 Å². The zero-order chi connectivity index (χ0) is 30.7. The van der Waals surface area contributed by atoms with Crippen LogP contribution >= 0.6 is 11.6 Å². The number of likely N-dealkylation sites (tertiary alicyclic amines) is 3. The van der Waals surface area contributed by atoms with Crippen molar-refractivity contribution < 1.29 is 23.9 Å². The summed E-state index contributed by atoms with van der Waals surface area (Å²) in [4.78, 5) is 47.1. The smallest absolute Gasteiger partial charge is 0.257 e. The van der Waals surface area contributed by atoms with Gasteiger partial charge in [0.2, 0.25) is 11.8 Å². The van der Waals surface area contributed by atoms with Crippen LogP contribution < -0.4 is 14.4 Å². The number of hydrogen-bond acceptors (Lipinski definition) is 6. The molecule has 2 aromatic rings. The monoisotopic (exact) mass is 610 g/mol. The van der Waals surface area contributed by atoms with Gasteiger partial charge in [-0.3, -0.25) is 14.4 Å². The molecule has 2 unspecified atom stereocenters. The van der Waals surface area contributed by atoms with Gasteiger partial charge in [0.05, 0.1) is 19.8 Å². The fourth-order valence-corrected chi connectivity index (χ4v) is 7.00. The van der Waals surface area contributed by atoms with E-state index in [0.717, 1.165) is 50.4 Å². The molecule has 0 spiro atoms. The second-order valence-electron chi connectivity index (χ2n) is 12.1. The average Bonchev–Trinajstić information content (AvgIpc) is 3.59. The molecule has 232 valence electrons. The van der Waals surface area contributed by atoms with Crippen LogP contribution in [0.25, 0.3) is 0 Å². The van der Waals surface area contributed by atoms with Gasteiger partial charge in [-0.25, -0.2) is 0 Å². The van der Waals surface area contributed by atoms with Crippen LogP contribution in [-0.2, 0) is 9.59 Å². The number of hydrogen-bond donors (Lipinski definition) is 0. The number of ether oxygens (including phenoxy) is 2. The van der Waals surface area contributed by atoms with Crippen LogP contribution in [0.5, 0.6) is 11.5 Å². The van der Waals surface area contributed by atoms with Gasteiger partial charge in [0, 0.05) is 69.4 Å². The lowest BCUT2D eigenvalue weighted by molar-refractivity contribution is -0.133. The summed E-state index contributed by atoms with van der Waals surface area (Å²) in [5.41, 5.74) is 2.34. The van der Waals surface area contributed by atoms with Crippen LogP contribution in [-0.4, -0.2) is 99.0 Å². The van der Waals surface area contributed by atoms with Crippen LogP contribution in [0.3, 0.4) is 0 Å². The summed E-state index contributed by atoms with van der Waals surface area (Å²) in [5.74, 6) is 2.12. The Labute approximate surface area is 259 Å². The zero-order valence-corrected chi connectivity index (χ0v) is 26.4. The van der Waals surface area contributed by atoms with E-state index in [0.29, 0.717) is 66.4 Å². The number of piperidine rings is 1. The highest BCUT2D eigenvalue weighted by molar-refractivity contribution is 6.31. The van der Waals surface area contributed by atoms with Crippen molar-refractivity contribution in [2.75, 3.05) is 71.5 Å². The molecule has 0 saturated carbocycles. The van der Waals surface area contributed by atoms with Gasteiger partial charge in [-0.1, -0.05) is 17.7 Å². The van der Waals surface area contributed by atoms with Gasteiger partial charge in [-0.15, -0.1) is 0 Å². The van der Waals surface area contributed by atoms with Gasteiger partial charge in [0.25, 0.3) is 5.91 Å². The number of methoxy groups -OCH3 is 2. The molecule has 3 heterocycles. The number of carbonyl (C=O) groups excluding carboxylic acids is 3. The highest BCUT2D eigenvalue weighted by Crippen LogP contribution is 2.34. The number of amides is 3. The Morgan fingerprint density at radius 2 is 1.63 bits per heavy atom. The maximum atomic E-state index is 13.8. The van der Waals surface area contributed by atoms with Crippen molar-refractivity contribution in [3.63, 3.8) is 0 Å². The summed E-state index contributed by atoms with van der Waals surface area (Å²) in [7, 11) is 3.17. The van der Waals surface area contributed by atoms with E-state index < -0.39 is 0 Å². The second-order valence-corrected chi connectivity index (χ2v) is 12.5. The number of fused-ring (bicyclic) bond motifs is 1. The Bertz CT molecular complexity index is 1330. The lowest BCUT2D eigenvalue weighted by Crippen LogP contribution is -2.44. The van der Waals surface area contributed by atoms with Gasteiger partial charge < -0.3 is 29.1 Å². The Morgan fingerprint density at radius 1 is 0.930 bits per heavy atom. The molecule has 3 saturated heterocycles. The summed E-state index contributed by atoms with van der Waals surface area (Å²) < 4.78 is 10.8. The van der Waals surface area contributed by atoms with E-state index >= 15 is 0 Å². The van der Waals surface area contributed by atoms with Crippen LogP contribution in [0, 0.1) is 24.7 Å². The predicted octanol–water partition coefficient (Wildman–Crippen LogP) is 4.35. The van der Waals surface area contributed by atoms with Crippen LogP contribution in [0.1, 0.15) is 42.1 Å². The minimum Gasteiger partial charge on any atom is -0.497 e. The minimum atomic E-state index is -0.103. The van der Waals surface area contributed by atoms with Gasteiger partial charge in [-0.2, -0.15) is 0 Å². The van der Waals surface area contributed by atoms with Gasteiger partial charge >= 0.3 is 0 Å². The summed E-state index contributed by atoms with van der Waals surface area (Å²) in [6, 6.07) is 11.2. The fourth-order valence-electron chi connectivity index (χ4n) is 6.82. The second kappa shape index (κ2) is 13.6. The molecule has 43 heavy (non-hydrogen) atoms. The first-order valence-electron chi connectivity index (χ1n) is 15.2. The number of benzene rings is 2. The first-order valence-corrected chi connectivity index (χ1v) is 15.6. The molecule has 3 fully saturated rings. The van der Waals surface area contributed by atoms with Crippen LogP contribution in [0.4, 0.5) is 5.69 Å². The first kappa shape index (κ1) is 31.1. The molecular weight excluding hydrogens is 568 g/mol. The van der Waals surface area contributed by atoms with Crippen molar-refractivity contribution in [3.8, 4) is 11.5 Å². The molecule has 3 aliphatic heterocycles. The van der Waals surface area contributed by atoms with E-state index in [4.69, 9.17) is 21.1 Å². The third-order valence-corrected chi connectivity index (χ3v) is 9.77. The Morgan fingerprint density at radius 3 is 2.23 bits per heavy atom. The van der Waals surface area contributed by atoms with E-state index in [2.05, 4.69) is 4.90 Å². The fraction of sp³-hybridized carbons (Fsp3) is 0.545. The van der Waals surface area contributed by atoms with Gasteiger partial charge in [0.15, 0.2) is 0 Å². The molecule has 0 bridgehead atoms. The van der Waals surface area contributed by atoms with E-state index in [1.165, 1.54) is 0 Å². The van der Waals surface area contributed by atoms with E-state index in [-0.39, 0.29) is 23.6 Å². The van der Waals surface area contributed by atoms with Crippen molar-refractivity contribution in [1.82, 2.24) is 14.7 Å². The molecule has 3 aliphatic rings.